The quantitative estimate of drug-likeness (QED) is 0.861. The van der Waals surface area contributed by atoms with Crippen molar-refractivity contribution in [2.75, 3.05) is 11.9 Å². The van der Waals surface area contributed by atoms with Crippen molar-refractivity contribution in [3.8, 4) is 6.07 Å². The molecule has 1 aliphatic rings. The Bertz CT molecular complexity index is 957. The van der Waals surface area contributed by atoms with E-state index in [0.717, 1.165) is 0 Å². The van der Waals surface area contributed by atoms with Gasteiger partial charge in [-0.15, -0.1) is 0 Å². The van der Waals surface area contributed by atoms with E-state index in [1.54, 1.807) is 24.3 Å². The molecule has 0 aliphatic carbocycles. The number of nitriles is 1. The summed E-state index contributed by atoms with van der Waals surface area (Å²) >= 11 is 0. The molecule has 1 heterocycles. The largest absolute Gasteiger partial charge is 0.322 e. The summed E-state index contributed by atoms with van der Waals surface area (Å²) in [5.74, 6) is -0.954. The van der Waals surface area contributed by atoms with Crippen molar-refractivity contribution in [1.29, 1.82) is 5.26 Å². The van der Waals surface area contributed by atoms with Crippen molar-refractivity contribution >= 4 is 23.4 Å². The van der Waals surface area contributed by atoms with Crippen molar-refractivity contribution in [2.45, 2.75) is 13.8 Å². The smallest absolute Gasteiger partial charge is 0.261 e. The summed E-state index contributed by atoms with van der Waals surface area (Å²) in [7, 11) is 0. The molecule has 0 spiro atoms. The van der Waals surface area contributed by atoms with E-state index < -0.39 is 5.91 Å². The SMILES string of the molecule is CC(C)CN1C(=O)c2ccc(C(=O)Nc3cccc(C#N)c3)cc2C1=O. The highest BCUT2D eigenvalue weighted by Gasteiger charge is 2.36. The van der Waals surface area contributed by atoms with E-state index >= 15 is 0 Å². The molecule has 0 unspecified atom stereocenters. The van der Waals surface area contributed by atoms with Gasteiger partial charge in [0.1, 0.15) is 0 Å². The maximum atomic E-state index is 12.5. The molecule has 0 saturated heterocycles. The third-order valence-electron chi connectivity index (χ3n) is 4.03. The van der Waals surface area contributed by atoms with Gasteiger partial charge < -0.3 is 5.32 Å². The summed E-state index contributed by atoms with van der Waals surface area (Å²) in [6.07, 6.45) is 0. The Morgan fingerprint density at radius 3 is 2.54 bits per heavy atom. The molecule has 130 valence electrons. The normalized spacial score (nSPS) is 12.9. The van der Waals surface area contributed by atoms with E-state index in [4.69, 9.17) is 5.26 Å². The molecule has 2 aromatic rings. The van der Waals surface area contributed by atoms with Crippen molar-refractivity contribution < 1.29 is 14.4 Å². The van der Waals surface area contributed by atoms with Gasteiger partial charge in [-0.25, -0.2) is 0 Å². The second kappa shape index (κ2) is 6.81. The molecule has 26 heavy (non-hydrogen) atoms. The monoisotopic (exact) mass is 347 g/mol. The minimum Gasteiger partial charge on any atom is -0.322 e. The molecule has 3 rings (SSSR count). The highest BCUT2D eigenvalue weighted by molar-refractivity contribution is 6.22. The van der Waals surface area contributed by atoms with Gasteiger partial charge in [-0.05, 0) is 42.3 Å². The number of fused-ring (bicyclic) bond motifs is 1. The Kier molecular flexibility index (Phi) is 4.55. The van der Waals surface area contributed by atoms with E-state index in [-0.39, 0.29) is 28.9 Å². The summed E-state index contributed by atoms with van der Waals surface area (Å²) in [6, 6.07) is 13.0. The van der Waals surface area contributed by atoms with Gasteiger partial charge in [0.2, 0.25) is 0 Å². The number of rotatable bonds is 4. The lowest BCUT2D eigenvalue weighted by molar-refractivity contribution is 0.0636. The van der Waals surface area contributed by atoms with Crippen LogP contribution in [0.2, 0.25) is 0 Å². The number of amides is 3. The lowest BCUT2D eigenvalue weighted by Gasteiger charge is -2.15. The fraction of sp³-hybridized carbons (Fsp3) is 0.200. The Hall–Kier alpha value is -3.46. The summed E-state index contributed by atoms with van der Waals surface area (Å²) in [5.41, 5.74) is 1.76. The number of carbonyl (C=O) groups excluding carboxylic acids is 3. The van der Waals surface area contributed by atoms with Crippen LogP contribution in [0, 0.1) is 17.2 Å². The first kappa shape index (κ1) is 17.4. The van der Waals surface area contributed by atoms with Crippen LogP contribution in [0.1, 0.15) is 50.5 Å². The molecule has 0 aromatic heterocycles. The van der Waals surface area contributed by atoms with E-state index in [1.807, 2.05) is 19.9 Å². The molecule has 6 heteroatoms. The minimum atomic E-state index is -0.412. The maximum absolute atomic E-state index is 12.5. The zero-order chi connectivity index (χ0) is 18.8. The molecule has 3 amide bonds. The number of hydrogen-bond acceptors (Lipinski definition) is 4. The number of anilines is 1. The van der Waals surface area contributed by atoms with Crippen LogP contribution in [-0.2, 0) is 0 Å². The predicted octanol–water partition coefficient (Wildman–Crippen LogP) is 3.06. The van der Waals surface area contributed by atoms with Gasteiger partial charge in [-0.2, -0.15) is 5.26 Å². The highest BCUT2D eigenvalue weighted by atomic mass is 16.2. The third-order valence-corrected chi connectivity index (χ3v) is 4.03. The van der Waals surface area contributed by atoms with Crippen molar-refractivity contribution in [1.82, 2.24) is 4.90 Å². The lowest BCUT2D eigenvalue weighted by Crippen LogP contribution is -2.33. The van der Waals surface area contributed by atoms with Gasteiger partial charge in [0, 0.05) is 17.8 Å². The van der Waals surface area contributed by atoms with Gasteiger partial charge in [-0.3, -0.25) is 19.3 Å². The number of hydrogen-bond donors (Lipinski definition) is 1. The molecule has 1 N–H and O–H groups in total. The van der Waals surface area contributed by atoms with Crippen LogP contribution < -0.4 is 5.32 Å². The van der Waals surface area contributed by atoms with Gasteiger partial charge in [0.25, 0.3) is 17.7 Å². The van der Waals surface area contributed by atoms with E-state index in [1.165, 1.54) is 23.1 Å². The van der Waals surface area contributed by atoms with Crippen LogP contribution in [0.3, 0.4) is 0 Å². The van der Waals surface area contributed by atoms with Crippen LogP contribution in [0.25, 0.3) is 0 Å². The molecule has 6 nitrogen and oxygen atoms in total. The molecular weight excluding hydrogens is 330 g/mol. The standard InChI is InChI=1S/C20H17N3O3/c1-12(2)11-23-19(25)16-7-6-14(9-17(16)20(23)26)18(24)22-15-5-3-4-13(8-15)10-21/h3-9,12H,11H2,1-2H3,(H,22,24). The van der Waals surface area contributed by atoms with Crippen molar-refractivity contribution in [2.24, 2.45) is 5.92 Å². The zero-order valence-electron chi connectivity index (χ0n) is 14.4. The Labute approximate surface area is 151 Å². The maximum Gasteiger partial charge on any atom is 0.261 e. The van der Waals surface area contributed by atoms with Crippen molar-refractivity contribution in [3.05, 3.63) is 64.7 Å². The second-order valence-electron chi connectivity index (χ2n) is 6.52. The summed E-state index contributed by atoms with van der Waals surface area (Å²) in [4.78, 5) is 38.5. The van der Waals surface area contributed by atoms with Crippen molar-refractivity contribution in [3.63, 3.8) is 0 Å². The van der Waals surface area contributed by atoms with Crippen LogP contribution in [0.4, 0.5) is 5.69 Å². The van der Waals surface area contributed by atoms with Gasteiger partial charge in [0.15, 0.2) is 0 Å². The molecule has 0 bridgehead atoms. The average Bonchev–Trinajstić information content (AvgIpc) is 2.86. The number of benzene rings is 2. The minimum absolute atomic E-state index is 0.160. The number of carbonyl (C=O) groups is 3. The van der Waals surface area contributed by atoms with Gasteiger partial charge >= 0.3 is 0 Å². The lowest BCUT2D eigenvalue weighted by atomic mass is 10.1. The predicted molar refractivity (Wildman–Crippen MR) is 95.8 cm³/mol. The first-order valence-electron chi connectivity index (χ1n) is 8.22. The number of nitrogens with zero attached hydrogens (tertiary/aromatic N) is 2. The Balaban J connectivity index is 1.85. The Morgan fingerprint density at radius 1 is 1.12 bits per heavy atom. The van der Waals surface area contributed by atoms with Crippen LogP contribution in [-0.4, -0.2) is 29.2 Å². The average molecular weight is 347 g/mol. The highest BCUT2D eigenvalue weighted by Crippen LogP contribution is 2.25. The molecule has 2 aromatic carbocycles. The van der Waals surface area contributed by atoms with E-state index in [9.17, 15) is 14.4 Å². The molecule has 1 aliphatic heterocycles. The second-order valence-corrected chi connectivity index (χ2v) is 6.52. The zero-order valence-corrected chi connectivity index (χ0v) is 14.4. The third kappa shape index (κ3) is 3.20. The Morgan fingerprint density at radius 2 is 1.85 bits per heavy atom. The molecule has 0 radical (unpaired) electrons. The van der Waals surface area contributed by atoms with Gasteiger partial charge in [0.05, 0.1) is 22.8 Å². The topological polar surface area (TPSA) is 90.3 Å². The number of imide groups is 1. The van der Waals surface area contributed by atoms with Crippen LogP contribution in [0.5, 0.6) is 0 Å². The molecule has 0 fully saturated rings. The first-order chi connectivity index (χ1) is 12.4. The fourth-order valence-corrected chi connectivity index (χ4v) is 2.83. The molecular formula is C20H17N3O3. The molecule has 0 saturated carbocycles. The first-order valence-corrected chi connectivity index (χ1v) is 8.22. The fourth-order valence-electron chi connectivity index (χ4n) is 2.83. The van der Waals surface area contributed by atoms with Crippen LogP contribution in [0.15, 0.2) is 42.5 Å². The van der Waals surface area contributed by atoms with Gasteiger partial charge in [-0.1, -0.05) is 19.9 Å². The van der Waals surface area contributed by atoms with E-state index in [2.05, 4.69) is 5.32 Å². The van der Waals surface area contributed by atoms with Crippen LogP contribution >= 0.6 is 0 Å². The summed E-state index contributed by atoms with van der Waals surface area (Å²) in [5, 5.41) is 11.6. The number of nitrogens with one attached hydrogen (secondary N) is 1. The summed E-state index contributed by atoms with van der Waals surface area (Å²) in [6.45, 7) is 4.20. The van der Waals surface area contributed by atoms with E-state index in [0.29, 0.717) is 23.4 Å². The molecule has 0 atom stereocenters. The summed E-state index contributed by atoms with van der Waals surface area (Å²) < 4.78 is 0.